The van der Waals surface area contributed by atoms with Crippen LogP contribution in [0.4, 0.5) is 5.69 Å². The molecule has 1 heterocycles. The molecule has 1 aliphatic rings. The second kappa shape index (κ2) is 7.48. The molecular formula is C16H19N3O4S. The third-order valence-corrected chi connectivity index (χ3v) is 4.53. The van der Waals surface area contributed by atoms with Crippen molar-refractivity contribution in [3.63, 3.8) is 0 Å². The Balaban J connectivity index is 2.50. The molecule has 128 valence electrons. The van der Waals surface area contributed by atoms with Gasteiger partial charge in [0.15, 0.2) is 5.17 Å². The van der Waals surface area contributed by atoms with E-state index in [2.05, 4.69) is 4.99 Å². The van der Waals surface area contributed by atoms with Crippen molar-refractivity contribution < 1.29 is 14.5 Å². The number of thioether (sulfide) groups is 1. The van der Waals surface area contributed by atoms with Crippen molar-refractivity contribution in [3.05, 3.63) is 51.2 Å². The molecule has 7 nitrogen and oxygen atoms in total. The van der Waals surface area contributed by atoms with Crippen LogP contribution in [0.5, 0.6) is 0 Å². The number of nitro benzene ring substituents is 1. The third-order valence-electron chi connectivity index (χ3n) is 3.79. The molecule has 0 aliphatic carbocycles. The van der Waals surface area contributed by atoms with Gasteiger partial charge in [0.05, 0.1) is 17.1 Å². The number of benzene rings is 1. The zero-order chi connectivity index (χ0) is 17.9. The minimum Gasteiger partial charge on any atom is -0.463 e. The first kappa shape index (κ1) is 18.0. The summed E-state index contributed by atoms with van der Waals surface area (Å²) in [5, 5.41) is 11.6. The number of aliphatic imine (C=N–C) groups is 1. The number of allylic oxidation sites excluding steroid dienone is 1. The average Bonchev–Trinajstić information content (AvgIpc) is 2.57. The number of esters is 1. The number of rotatable bonds is 4. The molecule has 8 heteroatoms. The maximum absolute atomic E-state index is 12.4. The van der Waals surface area contributed by atoms with Gasteiger partial charge in [-0.3, -0.25) is 10.1 Å². The summed E-state index contributed by atoms with van der Waals surface area (Å²) in [7, 11) is 1.84. The molecule has 1 atom stereocenters. The lowest BCUT2D eigenvalue weighted by atomic mass is 9.96. The monoisotopic (exact) mass is 349 g/mol. The summed E-state index contributed by atoms with van der Waals surface area (Å²) in [5.41, 5.74) is 1.92. The van der Waals surface area contributed by atoms with Crippen molar-refractivity contribution in [1.29, 1.82) is 0 Å². The summed E-state index contributed by atoms with van der Waals surface area (Å²) in [6.45, 7) is 3.86. The predicted molar refractivity (Wildman–Crippen MR) is 93.9 cm³/mol. The fraction of sp³-hybridized carbons (Fsp3) is 0.375. The molecular weight excluding hydrogens is 330 g/mol. The third kappa shape index (κ3) is 3.43. The van der Waals surface area contributed by atoms with Gasteiger partial charge in [0.1, 0.15) is 6.04 Å². The Morgan fingerprint density at radius 2 is 2.04 bits per heavy atom. The minimum atomic E-state index is -0.538. The highest BCUT2D eigenvalue weighted by Crippen LogP contribution is 2.36. The standard InChI is InChI=1S/C16H19N3O4S/c1-5-23-15(20)13-10(2)18(3)16(24-4)17-14(13)11-6-8-12(9-7-11)19(21)22/h6-9,14H,5H2,1-4H3/t14-/m0/s1. The van der Waals surface area contributed by atoms with Crippen LogP contribution in [0, 0.1) is 10.1 Å². The Labute approximate surface area is 144 Å². The lowest BCUT2D eigenvalue weighted by molar-refractivity contribution is -0.384. The maximum atomic E-state index is 12.4. The van der Waals surface area contributed by atoms with E-state index in [1.54, 1.807) is 19.1 Å². The van der Waals surface area contributed by atoms with Crippen molar-refractivity contribution in [2.75, 3.05) is 19.9 Å². The molecule has 0 aromatic heterocycles. The first-order valence-electron chi connectivity index (χ1n) is 7.38. The Hall–Kier alpha value is -2.35. The van der Waals surface area contributed by atoms with E-state index < -0.39 is 16.9 Å². The van der Waals surface area contributed by atoms with Crippen LogP contribution in [-0.4, -0.2) is 40.9 Å². The number of hydrogen-bond acceptors (Lipinski definition) is 7. The topological polar surface area (TPSA) is 85.0 Å². The molecule has 0 spiro atoms. The minimum absolute atomic E-state index is 0.000802. The van der Waals surface area contributed by atoms with Crippen molar-refractivity contribution in [3.8, 4) is 0 Å². The zero-order valence-corrected chi connectivity index (χ0v) is 14.8. The molecule has 1 aromatic rings. The lowest BCUT2D eigenvalue weighted by Crippen LogP contribution is -2.32. The number of nitrogens with zero attached hydrogens (tertiary/aromatic N) is 3. The van der Waals surface area contributed by atoms with E-state index in [0.717, 1.165) is 10.9 Å². The Morgan fingerprint density at radius 3 is 2.54 bits per heavy atom. The number of non-ortho nitro benzene ring substituents is 1. The van der Waals surface area contributed by atoms with E-state index in [0.29, 0.717) is 11.1 Å². The summed E-state index contributed by atoms with van der Waals surface area (Å²) in [6.07, 6.45) is 1.91. The molecule has 0 unspecified atom stereocenters. The number of nitro groups is 1. The molecule has 0 N–H and O–H groups in total. The average molecular weight is 349 g/mol. The predicted octanol–water partition coefficient (Wildman–Crippen LogP) is 3.14. The normalized spacial score (nSPS) is 17.6. The molecule has 1 aliphatic heterocycles. The summed E-state index contributed by atoms with van der Waals surface area (Å²) in [4.78, 5) is 29.3. The zero-order valence-electron chi connectivity index (χ0n) is 14.0. The summed E-state index contributed by atoms with van der Waals surface area (Å²) < 4.78 is 5.17. The SMILES string of the molecule is CCOC(=O)C1=C(C)N(C)C(SC)=N[C@H]1c1ccc([N+](=O)[O-])cc1. The molecule has 0 saturated carbocycles. The van der Waals surface area contributed by atoms with E-state index in [1.165, 1.54) is 23.9 Å². The van der Waals surface area contributed by atoms with Gasteiger partial charge >= 0.3 is 5.97 Å². The first-order chi connectivity index (χ1) is 11.4. The van der Waals surface area contributed by atoms with Crippen molar-refractivity contribution in [2.45, 2.75) is 19.9 Å². The fourth-order valence-corrected chi connectivity index (χ4v) is 3.08. The molecule has 0 amide bonds. The fourth-order valence-electron chi connectivity index (χ4n) is 2.46. The number of carbonyl (C=O) groups is 1. The van der Waals surface area contributed by atoms with Gasteiger partial charge < -0.3 is 9.64 Å². The van der Waals surface area contributed by atoms with Crippen LogP contribution in [0.3, 0.4) is 0 Å². The van der Waals surface area contributed by atoms with Crippen molar-refractivity contribution in [1.82, 2.24) is 4.90 Å². The Bertz CT molecular complexity index is 713. The number of hydrogen-bond donors (Lipinski definition) is 0. The van der Waals surface area contributed by atoms with E-state index in [9.17, 15) is 14.9 Å². The second-order valence-corrected chi connectivity index (χ2v) is 5.92. The van der Waals surface area contributed by atoms with Gasteiger partial charge in [0, 0.05) is 24.9 Å². The van der Waals surface area contributed by atoms with Gasteiger partial charge in [-0.05, 0) is 37.8 Å². The van der Waals surface area contributed by atoms with Crippen LogP contribution in [0.15, 0.2) is 40.5 Å². The largest absolute Gasteiger partial charge is 0.463 e. The van der Waals surface area contributed by atoms with Crippen molar-refractivity contribution in [2.24, 2.45) is 4.99 Å². The van der Waals surface area contributed by atoms with E-state index >= 15 is 0 Å². The molecule has 1 aromatic carbocycles. The first-order valence-corrected chi connectivity index (χ1v) is 8.60. The second-order valence-electron chi connectivity index (χ2n) is 5.15. The van der Waals surface area contributed by atoms with Crippen LogP contribution >= 0.6 is 11.8 Å². The Kier molecular flexibility index (Phi) is 5.61. The molecule has 24 heavy (non-hydrogen) atoms. The van der Waals surface area contributed by atoms with E-state index in [1.807, 2.05) is 25.1 Å². The summed E-state index contributed by atoms with van der Waals surface area (Å²) in [5.74, 6) is -0.422. The van der Waals surface area contributed by atoms with Gasteiger partial charge in [-0.15, -0.1) is 0 Å². The molecule has 0 fully saturated rings. The Morgan fingerprint density at radius 1 is 1.42 bits per heavy atom. The van der Waals surface area contributed by atoms with Crippen LogP contribution in [0.25, 0.3) is 0 Å². The maximum Gasteiger partial charge on any atom is 0.338 e. The van der Waals surface area contributed by atoms with Crippen LogP contribution in [0.2, 0.25) is 0 Å². The lowest BCUT2D eigenvalue weighted by Gasteiger charge is -2.31. The van der Waals surface area contributed by atoms with Gasteiger partial charge in [-0.25, -0.2) is 9.79 Å². The van der Waals surface area contributed by atoms with E-state index in [-0.39, 0.29) is 12.3 Å². The molecule has 0 radical (unpaired) electrons. The van der Waals surface area contributed by atoms with Gasteiger partial charge in [0.25, 0.3) is 5.69 Å². The number of carbonyl (C=O) groups excluding carboxylic acids is 1. The molecule has 0 saturated heterocycles. The molecule has 0 bridgehead atoms. The van der Waals surface area contributed by atoms with Crippen LogP contribution in [0.1, 0.15) is 25.5 Å². The smallest absolute Gasteiger partial charge is 0.338 e. The van der Waals surface area contributed by atoms with E-state index in [4.69, 9.17) is 4.74 Å². The van der Waals surface area contributed by atoms with Gasteiger partial charge in [-0.1, -0.05) is 11.8 Å². The summed E-state index contributed by atoms with van der Waals surface area (Å²) in [6, 6.07) is 5.55. The number of ether oxygens (including phenoxy) is 1. The highest BCUT2D eigenvalue weighted by atomic mass is 32.2. The van der Waals surface area contributed by atoms with Crippen LogP contribution < -0.4 is 0 Å². The summed E-state index contributed by atoms with van der Waals surface area (Å²) >= 11 is 1.47. The van der Waals surface area contributed by atoms with Gasteiger partial charge in [0.2, 0.25) is 0 Å². The van der Waals surface area contributed by atoms with Crippen molar-refractivity contribution >= 4 is 28.6 Å². The quantitative estimate of drug-likeness (QED) is 0.472. The van der Waals surface area contributed by atoms with Crippen LogP contribution in [-0.2, 0) is 9.53 Å². The highest BCUT2D eigenvalue weighted by Gasteiger charge is 2.32. The molecule has 2 rings (SSSR count). The van der Waals surface area contributed by atoms with Gasteiger partial charge in [-0.2, -0.15) is 0 Å². The number of amidine groups is 1. The highest BCUT2D eigenvalue weighted by molar-refractivity contribution is 8.13.